The first-order chi connectivity index (χ1) is 8.08. The second-order valence-electron chi connectivity index (χ2n) is 3.62. The maximum absolute atomic E-state index is 13.6. The summed E-state index contributed by atoms with van der Waals surface area (Å²) in [6.07, 6.45) is 0. The van der Waals surface area contributed by atoms with Gasteiger partial charge in [-0.05, 0) is 51.9 Å². The number of rotatable bonds is 2. The van der Waals surface area contributed by atoms with Crippen LogP contribution in [0.25, 0.3) is 11.1 Å². The Balaban J connectivity index is 2.44. The molecule has 0 bridgehead atoms. The molecule has 0 aliphatic heterocycles. The van der Waals surface area contributed by atoms with E-state index in [4.69, 9.17) is 10.0 Å². The molecular weight excluding hydrogens is 333 g/mol. The van der Waals surface area contributed by atoms with Crippen molar-refractivity contribution in [3.63, 3.8) is 0 Å². The fourth-order valence-corrected chi connectivity index (χ4v) is 2.13. The van der Waals surface area contributed by atoms with E-state index >= 15 is 0 Å². The predicted octanol–water partition coefficient (Wildman–Crippen LogP) is 1.78. The van der Waals surface area contributed by atoms with Gasteiger partial charge in [0.1, 0.15) is 5.82 Å². The number of hydrogen-bond donors (Lipinski definition) is 2. The summed E-state index contributed by atoms with van der Waals surface area (Å²) in [5.41, 5.74) is 1.50. The van der Waals surface area contributed by atoms with Crippen LogP contribution < -0.4 is 5.46 Å². The minimum atomic E-state index is -1.78. The van der Waals surface area contributed by atoms with Gasteiger partial charge in [-0.25, -0.2) is 4.39 Å². The topological polar surface area (TPSA) is 40.5 Å². The van der Waals surface area contributed by atoms with Crippen LogP contribution in [0.4, 0.5) is 4.39 Å². The van der Waals surface area contributed by atoms with Crippen molar-refractivity contribution in [1.82, 2.24) is 0 Å². The lowest BCUT2D eigenvalue weighted by Gasteiger charge is -2.06. The van der Waals surface area contributed by atoms with Gasteiger partial charge in [0, 0.05) is 9.03 Å². The third-order valence-corrected chi connectivity index (χ3v) is 3.11. The maximum Gasteiger partial charge on any atom is 0.491 e. The molecule has 0 aromatic heterocycles. The Labute approximate surface area is 112 Å². The van der Waals surface area contributed by atoms with E-state index < -0.39 is 12.9 Å². The van der Waals surface area contributed by atoms with Gasteiger partial charge in [-0.2, -0.15) is 0 Å². The zero-order chi connectivity index (χ0) is 12.4. The third-order valence-electron chi connectivity index (χ3n) is 2.44. The first-order valence-electron chi connectivity index (χ1n) is 4.99. The summed E-state index contributed by atoms with van der Waals surface area (Å²) in [6, 6.07) is 12.0. The number of hydrogen-bond acceptors (Lipinski definition) is 2. The molecule has 2 rings (SSSR count). The lowest BCUT2D eigenvalue weighted by atomic mass is 9.79. The molecule has 2 aromatic carbocycles. The highest BCUT2D eigenvalue weighted by Gasteiger charge is 2.16. The molecule has 17 heavy (non-hydrogen) atoms. The first-order valence-corrected chi connectivity index (χ1v) is 6.07. The Morgan fingerprint density at radius 2 is 1.71 bits per heavy atom. The second kappa shape index (κ2) is 5.16. The molecular formula is C12H9BFIO2. The van der Waals surface area contributed by atoms with Crippen molar-refractivity contribution >= 4 is 35.2 Å². The van der Waals surface area contributed by atoms with Gasteiger partial charge in [-0.1, -0.05) is 24.3 Å². The van der Waals surface area contributed by atoms with Crippen LogP contribution in [-0.4, -0.2) is 17.2 Å². The Morgan fingerprint density at radius 3 is 2.29 bits per heavy atom. The summed E-state index contributed by atoms with van der Waals surface area (Å²) in [5, 5.41) is 17.8. The number of halogens is 2. The summed E-state index contributed by atoms with van der Waals surface area (Å²) in [4.78, 5) is 0. The van der Waals surface area contributed by atoms with Gasteiger partial charge in [-0.3, -0.25) is 0 Å². The summed E-state index contributed by atoms with van der Waals surface area (Å²) in [7, 11) is -1.78. The van der Waals surface area contributed by atoms with Crippen molar-refractivity contribution in [3.8, 4) is 11.1 Å². The van der Waals surface area contributed by atoms with E-state index in [-0.39, 0.29) is 5.46 Å². The van der Waals surface area contributed by atoms with Crippen molar-refractivity contribution in [2.24, 2.45) is 0 Å². The molecule has 0 saturated heterocycles. The average Bonchev–Trinajstić information content (AvgIpc) is 2.28. The highest BCUT2D eigenvalue weighted by molar-refractivity contribution is 14.1. The highest BCUT2D eigenvalue weighted by atomic mass is 127. The first kappa shape index (κ1) is 12.5. The highest BCUT2D eigenvalue weighted by Crippen LogP contribution is 2.21. The molecule has 0 aliphatic carbocycles. The molecule has 2 N–H and O–H groups in total. The van der Waals surface area contributed by atoms with Crippen LogP contribution in [0.5, 0.6) is 0 Å². The van der Waals surface area contributed by atoms with Crippen LogP contribution in [0, 0.1) is 9.39 Å². The molecule has 0 heterocycles. The SMILES string of the molecule is OB(O)c1ccc(-c2cccc(I)c2)cc1F. The smallest absolute Gasteiger partial charge is 0.423 e. The summed E-state index contributed by atoms with van der Waals surface area (Å²) < 4.78 is 14.6. The standard InChI is InChI=1S/C12H9BFIO2/c14-12-7-9(4-5-11(12)13(16)17)8-2-1-3-10(15)6-8/h1-7,16-17H. The zero-order valence-electron chi connectivity index (χ0n) is 8.77. The van der Waals surface area contributed by atoms with Gasteiger partial charge < -0.3 is 10.0 Å². The lowest BCUT2D eigenvalue weighted by Crippen LogP contribution is -2.32. The molecule has 0 saturated carbocycles. The van der Waals surface area contributed by atoms with Crippen molar-refractivity contribution in [2.45, 2.75) is 0 Å². The quantitative estimate of drug-likeness (QED) is 0.645. The normalized spacial score (nSPS) is 10.4. The molecule has 86 valence electrons. The summed E-state index contributed by atoms with van der Waals surface area (Å²) in [5.74, 6) is -0.614. The van der Waals surface area contributed by atoms with Crippen LogP contribution in [0.1, 0.15) is 0 Å². The molecule has 2 aromatic rings. The molecule has 5 heteroatoms. The van der Waals surface area contributed by atoms with Gasteiger partial charge in [0.05, 0.1) is 0 Å². The van der Waals surface area contributed by atoms with E-state index in [0.717, 1.165) is 9.13 Å². The molecule has 2 nitrogen and oxygen atoms in total. The fourth-order valence-electron chi connectivity index (χ4n) is 1.58. The Morgan fingerprint density at radius 1 is 1.00 bits per heavy atom. The molecule has 0 aliphatic rings. The van der Waals surface area contributed by atoms with Crippen molar-refractivity contribution in [1.29, 1.82) is 0 Å². The van der Waals surface area contributed by atoms with E-state index in [1.807, 2.05) is 24.3 Å². The minimum absolute atomic E-state index is 0.112. The van der Waals surface area contributed by atoms with Gasteiger partial charge in [-0.15, -0.1) is 0 Å². The zero-order valence-corrected chi connectivity index (χ0v) is 10.9. The van der Waals surface area contributed by atoms with Gasteiger partial charge in [0.25, 0.3) is 0 Å². The Bertz CT molecular complexity index is 546. The van der Waals surface area contributed by atoms with E-state index in [1.165, 1.54) is 12.1 Å². The van der Waals surface area contributed by atoms with Crippen molar-refractivity contribution in [3.05, 3.63) is 51.9 Å². The lowest BCUT2D eigenvalue weighted by molar-refractivity contribution is 0.423. The van der Waals surface area contributed by atoms with E-state index in [9.17, 15) is 4.39 Å². The van der Waals surface area contributed by atoms with Gasteiger partial charge >= 0.3 is 7.12 Å². The van der Waals surface area contributed by atoms with Gasteiger partial charge in [0.15, 0.2) is 0 Å². The van der Waals surface area contributed by atoms with Gasteiger partial charge in [0.2, 0.25) is 0 Å². The van der Waals surface area contributed by atoms with Crippen molar-refractivity contribution in [2.75, 3.05) is 0 Å². The molecule has 0 fully saturated rings. The van der Waals surface area contributed by atoms with E-state index in [2.05, 4.69) is 22.6 Å². The monoisotopic (exact) mass is 342 g/mol. The summed E-state index contributed by atoms with van der Waals surface area (Å²) >= 11 is 2.18. The molecule has 0 radical (unpaired) electrons. The largest absolute Gasteiger partial charge is 0.491 e. The Kier molecular flexibility index (Phi) is 3.81. The van der Waals surface area contributed by atoms with E-state index in [1.54, 1.807) is 6.07 Å². The predicted molar refractivity (Wildman–Crippen MR) is 74.4 cm³/mol. The minimum Gasteiger partial charge on any atom is -0.423 e. The summed E-state index contributed by atoms with van der Waals surface area (Å²) in [6.45, 7) is 0. The van der Waals surface area contributed by atoms with Crippen molar-refractivity contribution < 1.29 is 14.4 Å². The Hall–Kier alpha value is -0.915. The molecule has 0 unspecified atom stereocenters. The van der Waals surface area contributed by atoms with Crippen LogP contribution in [0.2, 0.25) is 0 Å². The van der Waals surface area contributed by atoms with E-state index in [0.29, 0.717) is 5.56 Å². The van der Waals surface area contributed by atoms with Crippen LogP contribution in [-0.2, 0) is 0 Å². The molecule has 0 spiro atoms. The van der Waals surface area contributed by atoms with Crippen LogP contribution in [0.15, 0.2) is 42.5 Å². The second-order valence-corrected chi connectivity index (χ2v) is 4.87. The molecule has 0 atom stereocenters. The fraction of sp³-hybridized carbons (Fsp3) is 0. The average molecular weight is 342 g/mol. The third kappa shape index (κ3) is 2.85. The maximum atomic E-state index is 13.6. The number of benzene rings is 2. The van der Waals surface area contributed by atoms with Crippen LogP contribution in [0.3, 0.4) is 0 Å². The molecule has 0 amide bonds. The van der Waals surface area contributed by atoms with Crippen LogP contribution >= 0.6 is 22.6 Å².